The average molecular weight is 411 g/mol. The Bertz CT molecular complexity index is 286. The molecule has 0 aromatic rings. The summed E-state index contributed by atoms with van der Waals surface area (Å²) in [5.74, 6) is 0. The van der Waals surface area contributed by atoms with Gasteiger partial charge in [0, 0.05) is 0 Å². The molecule has 4 saturated heterocycles. The summed E-state index contributed by atoms with van der Waals surface area (Å²) in [4.78, 5) is 9.60. The molecule has 4 rings (SSSR count). The first-order valence-corrected chi connectivity index (χ1v) is 12.8. The highest BCUT2D eigenvalue weighted by atomic mass is 15.1. The lowest BCUT2D eigenvalue weighted by Gasteiger charge is -2.20. The summed E-state index contributed by atoms with van der Waals surface area (Å²) in [5.41, 5.74) is 0. The Morgan fingerprint density at radius 2 is 0.379 bits per heavy atom. The summed E-state index contributed by atoms with van der Waals surface area (Å²) in [6.45, 7) is 10.6. The summed E-state index contributed by atoms with van der Waals surface area (Å²) < 4.78 is 0. The van der Waals surface area contributed by atoms with Crippen LogP contribution in [0.1, 0.15) is 83.5 Å². The van der Waals surface area contributed by atoms with Crippen LogP contribution >= 0.6 is 0 Å². The molecule has 0 radical (unpaired) electrons. The zero-order valence-electron chi connectivity index (χ0n) is 20.6. The van der Waals surface area contributed by atoms with E-state index in [4.69, 9.17) is 0 Å². The van der Waals surface area contributed by atoms with Crippen molar-refractivity contribution < 1.29 is 0 Å². The molecule has 0 N–H and O–H groups in total. The predicted molar refractivity (Wildman–Crippen MR) is 130 cm³/mol. The van der Waals surface area contributed by atoms with Crippen LogP contribution in [0, 0.1) is 0 Å². The van der Waals surface area contributed by atoms with Crippen molar-refractivity contribution in [3.8, 4) is 0 Å². The smallest absolute Gasteiger partial charge is 0.00218 e. The van der Waals surface area contributed by atoms with Gasteiger partial charge in [0.05, 0.1) is 0 Å². The normalized spacial score (nSPS) is 25.2. The fraction of sp³-hybridized carbons (Fsp3) is 1.00. The Kier molecular flexibility index (Phi) is 17.2. The molecular weight excluding hydrogens is 356 g/mol. The van der Waals surface area contributed by atoms with Gasteiger partial charge in [-0.3, -0.25) is 0 Å². The monoisotopic (exact) mass is 410 g/mol. The van der Waals surface area contributed by atoms with Gasteiger partial charge in [0.1, 0.15) is 0 Å². The molecule has 0 amide bonds. The average Bonchev–Trinajstić information content (AvgIpc) is 2.99. The Hall–Kier alpha value is -0.160. The maximum Gasteiger partial charge on any atom is -0.00218 e. The number of hydrogen-bond donors (Lipinski definition) is 0. The molecule has 0 aromatic heterocycles. The third-order valence-corrected chi connectivity index (χ3v) is 6.57. The van der Waals surface area contributed by atoms with Gasteiger partial charge in [-0.2, -0.15) is 0 Å². The van der Waals surface area contributed by atoms with Crippen molar-refractivity contribution in [2.24, 2.45) is 0 Å². The van der Waals surface area contributed by atoms with Gasteiger partial charge in [-0.25, -0.2) is 0 Å². The highest BCUT2D eigenvalue weighted by molar-refractivity contribution is 4.60. The van der Waals surface area contributed by atoms with Crippen molar-refractivity contribution in [3.05, 3.63) is 0 Å². The summed E-state index contributed by atoms with van der Waals surface area (Å²) in [7, 11) is 8.79. The molecular formula is C25H54N4. The maximum absolute atomic E-state index is 2.42. The van der Waals surface area contributed by atoms with Crippen molar-refractivity contribution in [1.82, 2.24) is 19.6 Å². The molecule has 0 aliphatic carbocycles. The number of hydrogen-bond acceptors (Lipinski definition) is 4. The first kappa shape index (κ1) is 26.9. The zero-order valence-corrected chi connectivity index (χ0v) is 20.6. The molecule has 29 heavy (non-hydrogen) atoms. The molecule has 0 atom stereocenters. The van der Waals surface area contributed by atoms with E-state index in [0.29, 0.717) is 0 Å². The van der Waals surface area contributed by atoms with Crippen LogP contribution in [0.3, 0.4) is 0 Å². The predicted octanol–water partition coefficient (Wildman–Crippen LogP) is 4.80. The molecule has 0 aromatic carbocycles. The zero-order chi connectivity index (χ0) is 21.2. The van der Waals surface area contributed by atoms with E-state index in [1.807, 2.05) is 0 Å². The molecule has 4 aliphatic rings. The third kappa shape index (κ3) is 17.2. The minimum atomic E-state index is 1.32. The molecule has 4 fully saturated rings. The number of likely N-dealkylation sites (tertiary alicyclic amines) is 4. The van der Waals surface area contributed by atoms with Gasteiger partial charge in [0.2, 0.25) is 0 Å². The van der Waals surface area contributed by atoms with E-state index in [2.05, 4.69) is 47.8 Å². The van der Waals surface area contributed by atoms with E-state index < -0.39 is 0 Å². The van der Waals surface area contributed by atoms with E-state index >= 15 is 0 Å². The topological polar surface area (TPSA) is 13.0 Å². The Morgan fingerprint density at radius 1 is 0.241 bits per heavy atom. The minimum Gasteiger partial charge on any atom is -0.306 e. The van der Waals surface area contributed by atoms with Crippen molar-refractivity contribution in [1.29, 1.82) is 0 Å². The lowest BCUT2D eigenvalue weighted by atomic mass is 10.1. The third-order valence-electron chi connectivity index (χ3n) is 6.57. The molecule has 0 bridgehead atoms. The van der Waals surface area contributed by atoms with E-state index in [-0.39, 0.29) is 0 Å². The van der Waals surface area contributed by atoms with Gasteiger partial charge in [-0.15, -0.1) is 0 Å². The fourth-order valence-electron chi connectivity index (χ4n) is 4.38. The van der Waals surface area contributed by atoms with Gasteiger partial charge < -0.3 is 19.6 Å². The van der Waals surface area contributed by atoms with Crippen LogP contribution in [-0.4, -0.2) is 100 Å². The second kappa shape index (κ2) is 18.6. The Balaban J connectivity index is 0.000000194. The van der Waals surface area contributed by atoms with Gasteiger partial charge in [-0.1, -0.05) is 32.1 Å². The maximum atomic E-state index is 2.42. The van der Waals surface area contributed by atoms with Crippen LogP contribution in [0.5, 0.6) is 0 Å². The number of rotatable bonds is 0. The first-order chi connectivity index (χ1) is 14.1. The fourth-order valence-corrected chi connectivity index (χ4v) is 4.38. The minimum absolute atomic E-state index is 1.32. The highest BCUT2D eigenvalue weighted by Gasteiger charge is 2.04. The second-order valence-corrected chi connectivity index (χ2v) is 9.81. The quantitative estimate of drug-likeness (QED) is 0.569. The molecule has 4 nitrogen and oxygen atoms in total. The molecule has 4 heterocycles. The Labute approximate surface area is 184 Å². The lowest BCUT2D eigenvalue weighted by molar-refractivity contribution is 0.277. The van der Waals surface area contributed by atoms with E-state index in [1.54, 1.807) is 0 Å². The van der Waals surface area contributed by atoms with Crippen LogP contribution in [-0.2, 0) is 0 Å². The second-order valence-electron chi connectivity index (χ2n) is 9.81. The lowest BCUT2D eigenvalue weighted by Crippen LogP contribution is -2.24. The summed E-state index contributed by atoms with van der Waals surface area (Å²) >= 11 is 0. The highest BCUT2D eigenvalue weighted by Crippen LogP contribution is 2.07. The van der Waals surface area contributed by atoms with Gasteiger partial charge in [0.25, 0.3) is 0 Å². The van der Waals surface area contributed by atoms with E-state index in [9.17, 15) is 0 Å². The molecule has 0 unspecified atom stereocenters. The summed E-state index contributed by atoms with van der Waals surface area (Å²) in [6.07, 6.45) is 18.5. The molecule has 0 spiro atoms. The van der Waals surface area contributed by atoms with Gasteiger partial charge in [0.15, 0.2) is 0 Å². The summed E-state index contributed by atoms with van der Waals surface area (Å²) in [6, 6.07) is 0. The van der Waals surface area contributed by atoms with Crippen molar-refractivity contribution in [2.45, 2.75) is 83.5 Å². The Morgan fingerprint density at radius 3 is 0.552 bits per heavy atom. The number of nitrogens with zero attached hydrogens (tertiary/aromatic N) is 4. The summed E-state index contributed by atoms with van der Waals surface area (Å²) in [5, 5.41) is 0. The standard InChI is InChI=1S/C7H15N.3C6H13N/c1-8-6-4-2-3-5-7-8;3*1-7-5-3-2-4-6-7/h2-7H2,1H3;3*2-6H2,1H3. The molecule has 174 valence electrons. The van der Waals surface area contributed by atoms with Crippen LogP contribution in [0.4, 0.5) is 0 Å². The van der Waals surface area contributed by atoms with Gasteiger partial charge in [-0.05, 0) is 132 Å². The molecule has 4 heteroatoms. The first-order valence-electron chi connectivity index (χ1n) is 12.8. The van der Waals surface area contributed by atoms with Crippen molar-refractivity contribution >= 4 is 0 Å². The van der Waals surface area contributed by atoms with Crippen LogP contribution in [0.25, 0.3) is 0 Å². The van der Waals surface area contributed by atoms with Crippen LogP contribution in [0.15, 0.2) is 0 Å². The van der Waals surface area contributed by atoms with Crippen molar-refractivity contribution in [2.75, 3.05) is 80.5 Å². The van der Waals surface area contributed by atoms with Gasteiger partial charge >= 0.3 is 0 Å². The largest absolute Gasteiger partial charge is 0.306 e. The molecule has 0 saturated carbocycles. The van der Waals surface area contributed by atoms with Crippen LogP contribution < -0.4 is 0 Å². The van der Waals surface area contributed by atoms with E-state index in [0.717, 1.165) is 0 Å². The molecule has 4 aliphatic heterocycles. The number of piperidine rings is 3. The van der Waals surface area contributed by atoms with Crippen molar-refractivity contribution in [3.63, 3.8) is 0 Å². The SMILES string of the molecule is CN1CCCCC1.CN1CCCCC1.CN1CCCCC1.CN1CCCCCC1. The van der Waals surface area contributed by atoms with E-state index in [1.165, 1.54) is 136 Å². The van der Waals surface area contributed by atoms with Crippen LogP contribution in [0.2, 0.25) is 0 Å².